The molecular formula is C15H14N6O2. The van der Waals surface area contributed by atoms with Crippen LogP contribution in [-0.2, 0) is 4.74 Å². The number of amides is 2. The van der Waals surface area contributed by atoms with Crippen molar-refractivity contribution in [2.45, 2.75) is 5.92 Å². The summed E-state index contributed by atoms with van der Waals surface area (Å²) in [6.45, 7) is 1.37. The Hall–Kier alpha value is -3.00. The molecule has 3 aromatic rings. The molecule has 0 aliphatic carbocycles. The zero-order valence-electron chi connectivity index (χ0n) is 12.1. The number of hydrogen-bond acceptors (Lipinski definition) is 5. The van der Waals surface area contributed by atoms with Crippen LogP contribution in [0.5, 0.6) is 0 Å². The smallest absolute Gasteiger partial charge is 0.317 e. The number of aromatic amines is 1. The monoisotopic (exact) mass is 310 g/mol. The Morgan fingerprint density at radius 1 is 1.35 bits per heavy atom. The number of urea groups is 1. The van der Waals surface area contributed by atoms with Crippen molar-refractivity contribution >= 4 is 22.8 Å². The minimum atomic E-state index is -0.652. The lowest BCUT2D eigenvalue weighted by Gasteiger charge is -2.25. The van der Waals surface area contributed by atoms with Gasteiger partial charge in [0.2, 0.25) is 0 Å². The number of nitrogens with zero attached hydrogens (tertiary/aromatic N) is 3. The van der Waals surface area contributed by atoms with Crippen molar-refractivity contribution in [3.05, 3.63) is 36.5 Å². The summed E-state index contributed by atoms with van der Waals surface area (Å²) < 4.78 is 5.21. The van der Waals surface area contributed by atoms with Crippen LogP contribution >= 0.6 is 0 Å². The molecule has 4 rings (SSSR count). The molecular weight excluding hydrogens is 296 g/mol. The molecule has 0 radical (unpaired) electrons. The SMILES string of the molecule is NC(=O)Nc1cc2c(-c3cncc(C4COC4)n3)c[nH]c2cn1. The van der Waals surface area contributed by atoms with Crippen molar-refractivity contribution in [1.82, 2.24) is 19.9 Å². The molecule has 0 aromatic carbocycles. The predicted molar refractivity (Wildman–Crippen MR) is 83.9 cm³/mol. The van der Waals surface area contributed by atoms with E-state index in [1.54, 1.807) is 24.7 Å². The van der Waals surface area contributed by atoms with Gasteiger partial charge in [-0.05, 0) is 6.07 Å². The van der Waals surface area contributed by atoms with Gasteiger partial charge in [-0.1, -0.05) is 0 Å². The van der Waals surface area contributed by atoms with E-state index in [0.717, 1.165) is 27.9 Å². The lowest BCUT2D eigenvalue weighted by atomic mass is 10.0. The number of primary amides is 1. The number of aromatic nitrogens is 4. The first-order valence-electron chi connectivity index (χ1n) is 7.14. The molecule has 0 atom stereocenters. The van der Waals surface area contributed by atoms with E-state index < -0.39 is 6.03 Å². The van der Waals surface area contributed by atoms with Crippen LogP contribution in [0.25, 0.3) is 22.2 Å². The van der Waals surface area contributed by atoms with E-state index >= 15 is 0 Å². The fourth-order valence-electron chi connectivity index (χ4n) is 2.54. The van der Waals surface area contributed by atoms with Crippen LogP contribution in [0.2, 0.25) is 0 Å². The van der Waals surface area contributed by atoms with Crippen LogP contribution in [0.3, 0.4) is 0 Å². The largest absolute Gasteiger partial charge is 0.380 e. The third kappa shape index (κ3) is 2.49. The molecule has 1 fully saturated rings. The van der Waals surface area contributed by atoms with Gasteiger partial charge in [0.25, 0.3) is 0 Å². The topological polar surface area (TPSA) is 119 Å². The Morgan fingerprint density at radius 2 is 2.22 bits per heavy atom. The Morgan fingerprint density at radius 3 is 2.96 bits per heavy atom. The Bertz CT molecular complexity index is 887. The van der Waals surface area contributed by atoms with Gasteiger partial charge in [0.1, 0.15) is 5.82 Å². The molecule has 2 amide bonds. The van der Waals surface area contributed by atoms with E-state index in [9.17, 15) is 4.79 Å². The van der Waals surface area contributed by atoms with E-state index in [1.807, 2.05) is 6.20 Å². The van der Waals surface area contributed by atoms with E-state index in [2.05, 4.69) is 25.3 Å². The second kappa shape index (κ2) is 5.33. The fraction of sp³-hybridized carbons (Fsp3) is 0.200. The quantitative estimate of drug-likeness (QED) is 0.679. The number of nitrogens with two attached hydrogens (primary N) is 1. The maximum absolute atomic E-state index is 11.0. The van der Waals surface area contributed by atoms with Gasteiger partial charge in [0.15, 0.2) is 0 Å². The molecule has 0 saturated carbocycles. The zero-order valence-corrected chi connectivity index (χ0v) is 12.1. The number of pyridine rings is 1. The maximum Gasteiger partial charge on any atom is 0.317 e. The van der Waals surface area contributed by atoms with Gasteiger partial charge in [0.05, 0.1) is 42.5 Å². The number of rotatable bonds is 3. The number of carbonyl (C=O) groups is 1. The summed E-state index contributed by atoms with van der Waals surface area (Å²) >= 11 is 0. The highest BCUT2D eigenvalue weighted by atomic mass is 16.5. The van der Waals surface area contributed by atoms with Crippen LogP contribution in [0, 0.1) is 0 Å². The van der Waals surface area contributed by atoms with Crippen molar-refractivity contribution in [1.29, 1.82) is 0 Å². The Balaban J connectivity index is 1.77. The molecule has 1 saturated heterocycles. The van der Waals surface area contributed by atoms with Gasteiger partial charge in [0, 0.05) is 29.3 Å². The molecule has 4 N–H and O–H groups in total. The van der Waals surface area contributed by atoms with Gasteiger partial charge >= 0.3 is 6.03 Å². The van der Waals surface area contributed by atoms with E-state index in [0.29, 0.717) is 24.9 Å². The second-order valence-corrected chi connectivity index (χ2v) is 5.37. The summed E-state index contributed by atoms with van der Waals surface area (Å²) in [5.41, 5.74) is 8.56. The van der Waals surface area contributed by atoms with Crippen LogP contribution in [0.1, 0.15) is 11.6 Å². The molecule has 3 aromatic heterocycles. The summed E-state index contributed by atoms with van der Waals surface area (Å²) in [6, 6.07) is 1.10. The number of ether oxygens (including phenoxy) is 1. The van der Waals surface area contributed by atoms with Crippen molar-refractivity contribution in [2.75, 3.05) is 18.5 Å². The zero-order chi connectivity index (χ0) is 15.8. The third-order valence-corrected chi connectivity index (χ3v) is 3.80. The number of anilines is 1. The van der Waals surface area contributed by atoms with Gasteiger partial charge in [-0.3, -0.25) is 10.3 Å². The highest BCUT2D eigenvalue weighted by molar-refractivity contribution is 5.97. The second-order valence-electron chi connectivity index (χ2n) is 5.37. The van der Waals surface area contributed by atoms with Crippen molar-refractivity contribution in [2.24, 2.45) is 5.73 Å². The predicted octanol–water partition coefficient (Wildman–Crippen LogP) is 1.62. The molecule has 8 nitrogen and oxygen atoms in total. The molecule has 0 spiro atoms. The first kappa shape index (κ1) is 13.6. The summed E-state index contributed by atoms with van der Waals surface area (Å²) in [4.78, 5) is 27.2. The molecule has 1 aliphatic rings. The number of carbonyl (C=O) groups excluding carboxylic acids is 1. The fourth-order valence-corrected chi connectivity index (χ4v) is 2.54. The Labute approximate surface area is 131 Å². The van der Waals surface area contributed by atoms with E-state index in [-0.39, 0.29) is 0 Å². The average molecular weight is 310 g/mol. The Kier molecular flexibility index (Phi) is 3.16. The number of nitrogens with one attached hydrogen (secondary N) is 2. The van der Waals surface area contributed by atoms with E-state index in [4.69, 9.17) is 10.5 Å². The van der Waals surface area contributed by atoms with Gasteiger partial charge < -0.3 is 15.5 Å². The highest BCUT2D eigenvalue weighted by Crippen LogP contribution is 2.30. The lowest BCUT2D eigenvalue weighted by molar-refractivity contribution is 0.00661. The molecule has 1 aliphatic heterocycles. The third-order valence-electron chi connectivity index (χ3n) is 3.80. The van der Waals surface area contributed by atoms with Crippen molar-refractivity contribution < 1.29 is 9.53 Å². The molecule has 116 valence electrons. The minimum Gasteiger partial charge on any atom is -0.380 e. The summed E-state index contributed by atoms with van der Waals surface area (Å²) in [5.74, 6) is 0.698. The maximum atomic E-state index is 11.0. The van der Waals surface area contributed by atoms with Gasteiger partial charge in [-0.2, -0.15) is 0 Å². The van der Waals surface area contributed by atoms with Crippen molar-refractivity contribution in [3.8, 4) is 11.3 Å². The molecule has 0 bridgehead atoms. The lowest BCUT2D eigenvalue weighted by Crippen LogP contribution is -2.26. The summed E-state index contributed by atoms with van der Waals surface area (Å²) in [5, 5.41) is 3.36. The summed E-state index contributed by atoms with van der Waals surface area (Å²) in [6.07, 6.45) is 6.98. The minimum absolute atomic E-state index is 0.307. The average Bonchev–Trinajstić information content (AvgIpc) is 2.88. The molecule has 23 heavy (non-hydrogen) atoms. The standard InChI is InChI=1S/C15H14N6O2/c16-15(22)21-14-1-9-10(2-18-12(9)5-19-14)13-4-17-3-11(20-13)8-6-23-7-8/h1-5,8,18H,6-7H2,(H3,16,19,21,22). The van der Waals surface area contributed by atoms with Gasteiger partial charge in [-0.15, -0.1) is 0 Å². The van der Waals surface area contributed by atoms with Crippen molar-refractivity contribution in [3.63, 3.8) is 0 Å². The highest BCUT2D eigenvalue weighted by Gasteiger charge is 2.23. The molecule has 0 unspecified atom stereocenters. The molecule has 8 heteroatoms. The normalized spacial score (nSPS) is 14.6. The number of hydrogen-bond donors (Lipinski definition) is 3. The number of H-pyrrole nitrogens is 1. The van der Waals surface area contributed by atoms with E-state index in [1.165, 1.54) is 0 Å². The van der Waals surface area contributed by atoms with Crippen LogP contribution in [-0.4, -0.2) is 39.2 Å². The summed E-state index contributed by atoms with van der Waals surface area (Å²) in [7, 11) is 0. The molecule has 4 heterocycles. The first-order valence-corrected chi connectivity index (χ1v) is 7.14. The van der Waals surface area contributed by atoms with Crippen LogP contribution < -0.4 is 11.1 Å². The number of fused-ring (bicyclic) bond motifs is 1. The van der Waals surface area contributed by atoms with Crippen LogP contribution in [0.4, 0.5) is 10.6 Å². The van der Waals surface area contributed by atoms with Crippen LogP contribution in [0.15, 0.2) is 30.9 Å². The van der Waals surface area contributed by atoms with Gasteiger partial charge in [-0.25, -0.2) is 14.8 Å². The first-order chi connectivity index (χ1) is 11.2.